The molecule has 0 aliphatic heterocycles. The smallest absolute Gasteiger partial charge is 0.220 e. The van der Waals surface area contributed by atoms with Crippen molar-refractivity contribution in [3.63, 3.8) is 0 Å². The zero-order valence-electron chi connectivity index (χ0n) is 19.6. The van der Waals surface area contributed by atoms with Crippen LogP contribution in [0, 0.1) is 0 Å². The van der Waals surface area contributed by atoms with Gasteiger partial charge in [-0.05, 0) is 52.8 Å². The Balaban J connectivity index is 2.47. The zero-order valence-corrected chi connectivity index (χ0v) is 19.6. The van der Waals surface area contributed by atoms with Crippen LogP contribution in [0.5, 0.6) is 17.2 Å². The van der Waals surface area contributed by atoms with Gasteiger partial charge in [0, 0.05) is 17.0 Å². The molecule has 33 heavy (non-hydrogen) atoms. The fourth-order valence-electron chi connectivity index (χ4n) is 3.86. The van der Waals surface area contributed by atoms with Gasteiger partial charge in [-0.2, -0.15) is 0 Å². The number of rotatable bonds is 6. The largest absolute Gasteiger partial charge is 0.504 e. The van der Waals surface area contributed by atoms with Crippen molar-refractivity contribution in [2.45, 2.75) is 45.4 Å². The van der Waals surface area contributed by atoms with Gasteiger partial charge in [-0.3, -0.25) is 9.59 Å². The SMILES string of the molecule is COc1ccc(C(c2cc(C(C)C)ccc(=O)c2O)c2cc(C(C)C)ccc(=O)c2O)cc1. The van der Waals surface area contributed by atoms with Crippen LogP contribution in [0.4, 0.5) is 0 Å². The topological polar surface area (TPSA) is 83.8 Å². The van der Waals surface area contributed by atoms with E-state index in [-0.39, 0.29) is 11.8 Å². The summed E-state index contributed by atoms with van der Waals surface area (Å²) in [5.74, 6) is -0.755. The van der Waals surface area contributed by atoms with Crippen molar-refractivity contribution in [3.05, 3.63) is 109 Å². The van der Waals surface area contributed by atoms with Gasteiger partial charge < -0.3 is 14.9 Å². The van der Waals surface area contributed by atoms with Gasteiger partial charge in [-0.25, -0.2) is 0 Å². The molecule has 0 aromatic heterocycles. The standard InChI is InChI=1S/C28H30O5/c1-16(2)19-8-12-24(29)27(31)22(14-19)26(18-6-10-21(33-5)11-7-18)23-15-20(17(3)4)9-13-25(30)28(23)32/h6-17,26H,1-5H3,(H,29,31)(H,30,32). The third-order valence-electron chi connectivity index (χ3n) is 5.92. The second-order valence-electron chi connectivity index (χ2n) is 8.81. The molecule has 0 spiro atoms. The molecule has 0 saturated carbocycles. The van der Waals surface area contributed by atoms with E-state index in [2.05, 4.69) is 0 Å². The average Bonchev–Trinajstić information content (AvgIpc) is 3.03. The van der Waals surface area contributed by atoms with Crippen LogP contribution in [0.2, 0.25) is 0 Å². The van der Waals surface area contributed by atoms with Crippen LogP contribution in [-0.4, -0.2) is 17.3 Å². The monoisotopic (exact) mass is 446 g/mol. The maximum atomic E-state index is 12.7. The van der Waals surface area contributed by atoms with Gasteiger partial charge in [0.15, 0.2) is 11.5 Å². The first kappa shape index (κ1) is 24.1. The first-order valence-corrected chi connectivity index (χ1v) is 11.0. The van der Waals surface area contributed by atoms with Crippen LogP contribution in [0.15, 0.2) is 70.3 Å². The molecule has 0 saturated heterocycles. The number of aromatic hydroxyl groups is 2. The predicted octanol–water partition coefficient (Wildman–Crippen LogP) is 5.25. The molecule has 0 unspecified atom stereocenters. The van der Waals surface area contributed by atoms with E-state index in [4.69, 9.17) is 4.74 Å². The molecule has 5 heteroatoms. The Bertz CT molecular complexity index is 1180. The van der Waals surface area contributed by atoms with E-state index < -0.39 is 28.3 Å². The Morgan fingerprint density at radius 2 is 1.03 bits per heavy atom. The Morgan fingerprint density at radius 3 is 1.39 bits per heavy atom. The summed E-state index contributed by atoms with van der Waals surface area (Å²) < 4.78 is 5.28. The molecule has 5 nitrogen and oxygen atoms in total. The normalized spacial score (nSPS) is 11.3. The third kappa shape index (κ3) is 5.08. The minimum Gasteiger partial charge on any atom is -0.504 e. The highest BCUT2D eigenvalue weighted by Crippen LogP contribution is 2.40. The fourth-order valence-corrected chi connectivity index (χ4v) is 3.86. The molecule has 3 rings (SSSR count). The van der Waals surface area contributed by atoms with E-state index in [9.17, 15) is 19.8 Å². The van der Waals surface area contributed by atoms with Crippen molar-refractivity contribution in [1.29, 1.82) is 0 Å². The number of methoxy groups -OCH3 is 1. The summed E-state index contributed by atoms with van der Waals surface area (Å²) in [7, 11) is 1.57. The minimum absolute atomic E-state index is 0.0910. The Hall–Kier alpha value is -3.60. The molecule has 172 valence electrons. The van der Waals surface area contributed by atoms with Gasteiger partial charge >= 0.3 is 0 Å². The molecule has 0 bridgehead atoms. The third-order valence-corrected chi connectivity index (χ3v) is 5.92. The molecule has 0 fully saturated rings. The van der Waals surface area contributed by atoms with Crippen LogP contribution in [0.25, 0.3) is 0 Å². The Labute approximate surface area is 194 Å². The maximum Gasteiger partial charge on any atom is 0.220 e. The van der Waals surface area contributed by atoms with Gasteiger partial charge in [-0.1, -0.05) is 64.1 Å². The number of ether oxygens (including phenoxy) is 1. The maximum absolute atomic E-state index is 12.7. The van der Waals surface area contributed by atoms with Crippen molar-refractivity contribution < 1.29 is 14.9 Å². The molecule has 0 aliphatic rings. The molecule has 0 heterocycles. The van der Waals surface area contributed by atoms with Crippen LogP contribution in [0.3, 0.4) is 0 Å². The minimum atomic E-state index is -0.758. The van der Waals surface area contributed by atoms with E-state index in [1.54, 1.807) is 55.6 Å². The highest BCUT2D eigenvalue weighted by molar-refractivity contribution is 5.54. The molecule has 0 amide bonds. The number of hydrogen-bond acceptors (Lipinski definition) is 5. The quantitative estimate of drug-likeness (QED) is 0.540. The molecular formula is C28H30O5. The van der Waals surface area contributed by atoms with Crippen LogP contribution < -0.4 is 15.6 Å². The van der Waals surface area contributed by atoms with Gasteiger partial charge in [0.2, 0.25) is 10.9 Å². The lowest BCUT2D eigenvalue weighted by atomic mass is 9.83. The van der Waals surface area contributed by atoms with Crippen LogP contribution in [-0.2, 0) is 0 Å². The van der Waals surface area contributed by atoms with Crippen molar-refractivity contribution >= 4 is 0 Å². The molecule has 0 aliphatic carbocycles. The summed E-state index contributed by atoms with van der Waals surface area (Å²) in [6.45, 7) is 7.98. The van der Waals surface area contributed by atoms with Crippen molar-refractivity contribution in [1.82, 2.24) is 0 Å². The summed E-state index contributed by atoms with van der Waals surface area (Å²) in [5, 5.41) is 21.9. The van der Waals surface area contributed by atoms with E-state index in [1.165, 1.54) is 12.1 Å². The number of benzene rings is 1. The van der Waals surface area contributed by atoms with Gasteiger partial charge in [0.1, 0.15) is 5.75 Å². The zero-order chi connectivity index (χ0) is 24.3. The summed E-state index contributed by atoms with van der Waals surface area (Å²) in [5.41, 5.74) is 2.01. The Morgan fingerprint density at radius 1 is 0.636 bits per heavy atom. The lowest BCUT2D eigenvalue weighted by molar-refractivity contribution is 0.414. The second-order valence-corrected chi connectivity index (χ2v) is 8.81. The van der Waals surface area contributed by atoms with E-state index >= 15 is 0 Å². The fraction of sp³-hybridized carbons (Fsp3) is 0.286. The Kier molecular flexibility index (Phi) is 7.22. The van der Waals surface area contributed by atoms with Crippen molar-refractivity contribution in [2.24, 2.45) is 0 Å². The molecule has 3 aromatic rings. The number of hydrogen-bond donors (Lipinski definition) is 2. The molecular weight excluding hydrogens is 416 g/mol. The van der Waals surface area contributed by atoms with E-state index in [1.807, 2.05) is 27.7 Å². The van der Waals surface area contributed by atoms with Crippen LogP contribution >= 0.6 is 0 Å². The lowest BCUT2D eigenvalue weighted by Crippen LogP contribution is -2.09. The molecule has 2 N–H and O–H groups in total. The van der Waals surface area contributed by atoms with Gasteiger partial charge in [-0.15, -0.1) is 0 Å². The molecule has 3 aromatic carbocycles. The van der Waals surface area contributed by atoms with Crippen molar-refractivity contribution in [3.8, 4) is 17.2 Å². The summed E-state index contributed by atoms with van der Waals surface area (Å²) in [6, 6.07) is 16.8. The molecule has 0 atom stereocenters. The highest BCUT2D eigenvalue weighted by atomic mass is 16.5. The highest BCUT2D eigenvalue weighted by Gasteiger charge is 2.26. The van der Waals surface area contributed by atoms with Gasteiger partial charge in [0.05, 0.1) is 7.11 Å². The lowest BCUT2D eigenvalue weighted by Gasteiger charge is -2.20. The summed E-state index contributed by atoms with van der Waals surface area (Å²) >= 11 is 0. The first-order valence-electron chi connectivity index (χ1n) is 11.0. The van der Waals surface area contributed by atoms with Gasteiger partial charge in [0.25, 0.3) is 0 Å². The molecule has 0 radical (unpaired) electrons. The summed E-state index contributed by atoms with van der Waals surface area (Å²) in [4.78, 5) is 25.4. The second kappa shape index (κ2) is 9.90. The predicted molar refractivity (Wildman–Crippen MR) is 131 cm³/mol. The average molecular weight is 447 g/mol. The van der Waals surface area contributed by atoms with Crippen LogP contribution in [0.1, 0.15) is 73.3 Å². The van der Waals surface area contributed by atoms with E-state index in [0.29, 0.717) is 22.4 Å². The van der Waals surface area contributed by atoms with E-state index in [0.717, 1.165) is 11.1 Å². The van der Waals surface area contributed by atoms with Crippen molar-refractivity contribution in [2.75, 3.05) is 7.11 Å². The first-order chi connectivity index (χ1) is 15.6. The summed E-state index contributed by atoms with van der Waals surface area (Å²) in [6.07, 6.45) is 0.